The van der Waals surface area contributed by atoms with E-state index in [1.165, 1.54) is 5.56 Å². The Hall–Kier alpha value is -0.930. The zero-order chi connectivity index (χ0) is 18.8. The van der Waals surface area contributed by atoms with Crippen LogP contribution in [0.25, 0.3) is 0 Å². The molecule has 1 amide bonds. The standard InChI is InChI=1S/C19H29IN4OS/c1-2-14-5-9-17(10-6-14)24-19(26)22-13-15-3-7-16(8-4-15)18(25)21-11-12-23-20/h5-6,9-10,15-16,23H,2-4,7-8,11-13H2,1H3,(H,21,25)(H2,22,24,26). The average molecular weight is 488 g/mol. The smallest absolute Gasteiger partial charge is 0.223 e. The summed E-state index contributed by atoms with van der Waals surface area (Å²) in [6.45, 7) is 4.51. The van der Waals surface area contributed by atoms with Gasteiger partial charge in [0.2, 0.25) is 5.91 Å². The highest BCUT2D eigenvalue weighted by Crippen LogP contribution is 2.28. The molecule has 7 heteroatoms. The fourth-order valence-electron chi connectivity index (χ4n) is 3.24. The molecule has 1 aliphatic rings. The Morgan fingerprint density at radius 2 is 1.81 bits per heavy atom. The van der Waals surface area contributed by atoms with Crippen molar-refractivity contribution in [2.45, 2.75) is 39.0 Å². The number of carbonyl (C=O) groups is 1. The van der Waals surface area contributed by atoms with Crippen LogP contribution in [0.2, 0.25) is 0 Å². The lowest BCUT2D eigenvalue weighted by molar-refractivity contribution is -0.126. The number of rotatable bonds is 8. The van der Waals surface area contributed by atoms with Crippen molar-refractivity contribution in [2.24, 2.45) is 11.8 Å². The van der Waals surface area contributed by atoms with Crippen molar-refractivity contribution in [1.29, 1.82) is 0 Å². The molecular weight excluding hydrogens is 459 g/mol. The van der Waals surface area contributed by atoms with Crippen LogP contribution < -0.4 is 19.5 Å². The SMILES string of the molecule is CCc1ccc(NC(=S)NCC2CCC(C(=O)NCCNI)CC2)cc1. The number of thiocarbonyl (C=S) groups is 1. The van der Waals surface area contributed by atoms with Gasteiger partial charge in [0.25, 0.3) is 0 Å². The lowest BCUT2D eigenvalue weighted by Crippen LogP contribution is -2.38. The van der Waals surface area contributed by atoms with Gasteiger partial charge in [-0.3, -0.25) is 8.32 Å². The van der Waals surface area contributed by atoms with Crippen LogP contribution in [0.1, 0.15) is 38.2 Å². The monoisotopic (exact) mass is 488 g/mol. The number of nitrogens with one attached hydrogen (secondary N) is 4. The minimum Gasteiger partial charge on any atom is -0.362 e. The van der Waals surface area contributed by atoms with E-state index < -0.39 is 0 Å². The quantitative estimate of drug-likeness (QED) is 0.196. The van der Waals surface area contributed by atoms with Crippen LogP contribution in [0.3, 0.4) is 0 Å². The third-order valence-electron chi connectivity index (χ3n) is 4.91. The summed E-state index contributed by atoms with van der Waals surface area (Å²) < 4.78 is 3.01. The van der Waals surface area contributed by atoms with Gasteiger partial charge in [-0.1, -0.05) is 19.1 Å². The van der Waals surface area contributed by atoms with E-state index in [1.54, 1.807) is 0 Å². The first-order valence-corrected chi connectivity index (χ1v) is 10.9. The maximum absolute atomic E-state index is 12.1. The first-order chi connectivity index (χ1) is 12.6. The number of aryl methyl sites for hydroxylation is 1. The van der Waals surface area contributed by atoms with E-state index in [1.807, 2.05) is 0 Å². The summed E-state index contributed by atoms with van der Waals surface area (Å²) in [5, 5.41) is 10.2. The maximum Gasteiger partial charge on any atom is 0.223 e. The van der Waals surface area contributed by atoms with E-state index >= 15 is 0 Å². The Kier molecular flexibility index (Phi) is 9.63. The lowest BCUT2D eigenvalue weighted by atomic mass is 9.81. The van der Waals surface area contributed by atoms with Crippen molar-refractivity contribution in [3.8, 4) is 0 Å². The van der Waals surface area contributed by atoms with E-state index in [9.17, 15) is 4.79 Å². The van der Waals surface area contributed by atoms with Gasteiger partial charge in [0, 0.05) is 54.1 Å². The normalized spacial score (nSPS) is 19.6. The molecular formula is C19H29IN4OS. The fraction of sp³-hybridized carbons (Fsp3) is 0.579. The minimum absolute atomic E-state index is 0.169. The van der Waals surface area contributed by atoms with Crippen LogP contribution in [0.4, 0.5) is 5.69 Å². The van der Waals surface area contributed by atoms with Crippen LogP contribution >= 0.6 is 35.1 Å². The summed E-state index contributed by atoms with van der Waals surface area (Å²) in [6.07, 6.45) is 5.12. The summed E-state index contributed by atoms with van der Waals surface area (Å²) in [5.41, 5.74) is 2.34. The van der Waals surface area contributed by atoms with Crippen LogP contribution in [0.15, 0.2) is 24.3 Å². The molecule has 0 saturated heterocycles. The highest BCUT2D eigenvalue weighted by Gasteiger charge is 2.25. The molecule has 0 radical (unpaired) electrons. The summed E-state index contributed by atoms with van der Waals surface area (Å²) >= 11 is 7.49. The molecule has 0 unspecified atom stereocenters. The molecule has 1 saturated carbocycles. The first kappa shape index (κ1) is 21.4. The summed E-state index contributed by atoms with van der Waals surface area (Å²) in [5.74, 6) is 0.954. The zero-order valence-electron chi connectivity index (χ0n) is 15.3. The minimum atomic E-state index is 0.169. The molecule has 1 fully saturated rings. The fourth-order valence-corrected chi connectivity index (χ4v) is 3.71. The predicted molar refractivity (Wildman–Crippen MR) is 121 cm³/mol. The van der Waals surface area contributed by atoms with E-state index in [0.29, 0.717) is 17.6 Å². The molecule has 0 bridgehead atoms. The van der Waals surface area contributed by atoms with E-state index in [0.717, 1.165) is 50.9 Å². The molecule has 1 aromatic carbocycles. The van der Waals surface area contributed by atoms with Crippen molar-refractivity contribution in [1.82, 2.24) is 14.2 Å². The van der Waals surface area contributed by atoms with Crippen molar-refractivity contribution >= 4 is 51.8 Å². The van der Waals surface area contributed by atoms with Gasteiger partial charge in [-0.15, -0.1) is 0 Å². The second-order valence-corrected chi connectivity index (χ2v) is 7.95. The predicted octanol–water partition coefficient (Wildman–Crippen LogP) is 3.40. The summed E-state index contributed by atoms with van der Waals surface area (Å²) in [4.78, 5) is 12.1. The van der Waals surface area contributed by atoms with Crippen LogP contribution in [-0.2, 0) is 11.2 Å². The van der Waals surface area contributed by atoms with E-state index in [-0.39, 0.29) is 11.8 Å². The second-order valence-electron chi connectivity index (χ2n) is 6.78. The molecule has 2 rings (SSSR count). The Bertz CT molecular complexity index is 573. The van der Waals surface area contributed by atoms with Crippen LogP contribution in [-0.4, -0.2) is 30.7 Å². The number of amides is 1. The number of carbonyl (C=O) groups excluding carboxylic acids is 1. The van der Waals surface area contributed by atoms with Gasteiger partial charge in [0.1, 0.15) is 0 Å². The van der Waals surface area contributed by atoms with E-state index in [4.69, 9.17) is 12.2 Å². The van der Waals surface area contributed by atoms with Gasteiger partial charge < -0.3 is 16.0 Å². The van der Waals surface area contributed by atoms with Crippen molar-refractivity contribution < 1.29 is 4.79 Å². The molecule has 0 atom stereocenters. The molecule has 1 aliphatic carbocycles. The Morgan fingerprint density at radius 1 is 1.12 bits per heavy atom. The average Bonchev–Trinajstić information content (AvgIpc) is 2.67. The molecule has 0 heterocycles. The Balaban J connectivity index is 1.64. The van der Waals surface area contributed by atoms with E-state index in [2.05, 4.69) is 73.5 Å². The third-order valence-corrected chi connectivity index (χ3v) is 5.69. The van der Waals surface area contributed by atoms with Gasteiger partial charge in [0.15, 0.2) is 5.11 Å². The van der Waals surface area contributed by atoms with Gasteiger partial charge in [-0.05, 0) is 67.9 Å². The second kappa shape index (κ2) is 11.7. The highest BCUT2D eigenvalue weighted by molar-refractivity contribution is 14.1. The lowest BCUT2D eigenvalue weighted by Gasteiger charge is -2.28. The van der Waals surface area contributed by atoms with Crippen molar-refractivity contribution in [2.75, 3.05) is 25.0 Å². The topological polar surface area (TPSA) is 65.2 Å². The molecule has 0 aliphatic heterocycles. The zero-order valence-corrected chi connectivity index (χ0v) is 18.3. The number of anilines is 1. The maximum atomic E-state index is 12.1. The molecule has 4 N–H and O–H groups in total. The van der Waals surface area contributed by atoms with Gasteiger partial charge in [-0.2, -0.15) is 0 Å². The van der Waals surface area contributed by atoms with Gasteiger partial charge in [-0.25, -0.2) is 0 Å². The molecule has 144 valence electrons. The van der Waals surface area contributed by atoms with Crippen LogP contribution in [0, 0.1) is 11.8 Å². The highest BCUT2D eigenvalue weighted by atomic mass is 127. The molecule has 0 aromatic heterocycles. The number of halogens is 1. The van der Waals surface area contributed by atoms with Crippen LogP contribution in [0.5, 0.6) is 0 Å². The molecule has 26 heavy (non-hydrogen) atoms. The number of hydrogen-bond donors (Lipinski definition) is 4. The first-order valence-electron chi connectivity index (χ1n) is 9.37. The largest absolute Gasteiger partial charge is 0.362 e. The van der Waals surface area contributed by atoms with Gasteiger partial charge >= 0.3 is 0 Å². The molecule has 5 nitrogen and oxygen atoms in total. The number of benzene rings is 1. The molecule has 1 aromatic rings. The summed E-state index contributed by atoms with van der Waals surface area (Å²) in [7, 11) is 0. The summed E-state index contributed by atoms with van der Waals surface area (Å²) in [6, 6.07) is 8.36. The Labute approximate surface area is 176 Å². The van der Waals surface area contributed by atoms with Crippen molar-refractivity contribution in [3.05, 3.63) is 29.8 Å². The Morgan fingerprint density at radius 3 is 2.42 bits per heavy atom. The van der Waals surface area contributed by atoms with Crippen molar-refractivity contribution in [3.63, 3.8) is 0 Å². The number of hydrogen-bond acceptors (Lipinski definition) is 3. The third kappa shape index (κ3) is 7.36. The van der Waals surface area contributed by atoms with Gasteiger partial charge in [0.05, 0.1) is 0 Å². The molecule has 0 spiro atoms.